The summed E-state index contributed by atoms with van der Waals surface area (Å²) in [5.41, 5.74) is 6.51. The van der Waals surface area contributed by atoms with Crippen molar-refractivity contribution in [2.75, 3.05) is 0 Å². The summed E-state index contributed by atoms with van der Waals surface area (Å²) in [5.74, 6) is 0. The van der Waals surface area contributed by atoms with Crippen LogP contribution in [0.1, 0.15) is 11.1 Å². The molecule has 110 valence electrons. The zero-order valence-electron chi connectivity index (χ0n) is 13.3. The quantitative estimate of drug-likeness (QED) is 0.441. The summed E-state index contributed by atoms with van der Waals surface area (Å²) < 4.78 is 3.79. The van der Waals surface area contributed by atoms with E-state index >= 15 is 0 Å². The zero-order chi connectivity index (χ0) is 15.3. The molecule has 1 heterocycles. The molecule has 0 atom stereocenters. The SMILES string of the molecule is Cc1cc(-n2c3ccccc3c3ccccc32)cc(C)[c]1[Mg+].[Br-]. The van der Waals surface area contributed by atoms with E-state index in [0.717, 1.165) is 0 Å². The Bertz CT molecular complexity index is 940. The number of fused-ring (bicyclic) bond motifs is 3. The van der Waals surface area contributed by atoms with E-state index in [2.05, 4.69) is 79.1 Å². The third kappa shape index (κ3) is 2.61. The predicted octanol–water partition coefficient (Wildman–Crippen LogP) is 1.20. The van der Waals surface area contributed by atoms with Gasteiger partial charge in [-0.25, -0.2) is 0 Å². The topological polar surface area (TPSA) is 4.93 Å². The second-order valence-corrected chi connectivity index (χ2v) is 6.63. The number of benzene rings is 3. The van der Waals surface area contributed by atoms with Crippen LogP contribution in [-0.2, 0) is 0 Å². The van der Waals surface area contributed by atoms with E-state index < -0.39 is 0 Å². The van der Waals surface area contributed by atoms with Gasteiger partial charge in [0.1, 0.15) is 0 Å². The molecule has 0 N–H and O–H groups in total. The van der Waals surface area contributed by atoms with Gasteiger partial charge in [-0.15, -0.1) is 0 Å². The van der Waals surface area contributed by atoms with Gasteiger partial charge >= 0.3 is 143 Å². The van der Waals surface area contributed by atoms with Gasteiger partial charge in [0.2, 0.25) is 0 Å². The molecule has 1 aromatic heterocycles. The standard InChI is InChI=1S/C20H16N.BrH.Mg/c1-14-11-15(2)13-16(12-14)21-19-9-5-3-7-17(19)18-8-4-6-10-20(18)21;;/h3-10,12-13H,1-2H3;1H;/q;;+1/p-1. The minimum atomic E-state index is 0. The average molecular weight is 375 g/mol. The molecule has 0 bridgehead atoms. The maximum Gasteiger partial charge on any atom is -1.00 e. The molecule has 0 unspecified atom stereocenters. The van der Waals surface area contributed by atoms with E-state index in [1.807, 2.05) is 21.7 Å². The first-order valence-electron chi connectivity index (χ1n) is 7.58. The maximum atomic E-state index is 2.38. The molecule has 1 nitrogen and oxygen atoms in total. The summed E-state index contributed by atoms with van der Waals surface area (Å²) in [6.45, 7) is 4.40. The van der Waals surface area contributed by atoms with E-state index in [9.17, 15) is 0 Å². The van der Waals surface area contributed by atoms with E-state index in [1.165, 1.54) is 42.3 Å². The van der Waals surface area contributed by atoms with Gasteiger partial charge in [0, 0.05) is 0 Å². The summed E-state index contributed by atoms with van der Waals surface area (Å²) in [4.78, 5) is 0. The minimum Gasteiger partial charge on any atom is -1.00 e. The van der Waals surface area contributed by atoms with Crippen molar-refractivity contribution >= 4 is 47.2 Å². The fourth-order valence-electron chi connectivity index (χ4n) is 3.30. The Balaban J connectivity index is 0.00000156. The fourth-order valence-corrected chi connectivity index (χ4v) is 3.50. The molecule has 0 saturated carbocycles. The van der Waals surface area contributed by atoms with Crippen molar-refractivity contribution in [2.24, 2.45) is 0 Å². The van der Waals surface area contributed by atoms with Gasteiger partial charge in [-0.3, -0.25) is 0 Å². The Morgan fingerprint density at radius 1 is 0.739 bits per heavy atom. The number of para-hydroxylation sites is 2. The van der Waals surface area contributed by atoms with E-state index in [1.54, 1.807) is 0 Å². The molecule has 0 aliphatic heterocycles. The zero-order valence-corrected chi connectivity index (χ0v) is 16.3. The molecule has 0 aliphatic rings. The largest absolute Gasteiger partial charge is 1.00 e. The average Bonchev–Trinajstić information content (AvgIpc) is 2.87. The number of rotatable bonds is 1. The second kappa shape index (κ2) is 6.31. The summed E-state index contributed by atoms with van der Waals surface area (Å²) in [6.07, 6.45) is 0. The molecule has 0 radical (unpaired) electrons. The Morgan fingerprint density at radius 3 is 1.65 bits per heavy atom. The number of aryl methyl sites for hydroxylation is 2. The van der Waals surface area contributed by atoms with Crippen molar-refractivity contribution < 1.29 is 17.0 Å². The van der Waals surface area contributed by atoms with Crippen LogP contribution in [-0.4, -0.2) is 26.3 Å². The predicted molar refractivity (Wildman–Crippen MR) is 95.6 cm³/mol. The Hall–Kier alpha value is -1.29. The Morgan fingerprint density at radius 2 is 1.17 bits per heavy atom. The minimum absolute atomic E-state index is 0. The van der Waals surface area contributed by atoms with Crippen LogP contribution in [0.5, 0.6) is 0 Å². The van der Waals surface area contributed by atoms with Crippen molar-refractivity contribution in [1.82, 2.24) is 4.57 Å². The molecule has 3 heteroatoms. The van der Waals surface area contributed by atoms with Crippen LogP contribution >= 0.6 is 0 Å². The van der Waals surface area contributed by atoms with Crippen molar-refractivity contribution in [3.63, 3.8) is 0 Å². The van der Waals surface area contributed by atoms with Crippen LogP contribution in [0.4, 0.5) is 0 Å². The third-order valence-electron chi connectivity index (χ3n) is 4.52. The summed E-state index contributed by atoms with van der Waals surface area (Å²) in [6, 6.07) is 21.9. The molecule has 0 spiro atoms. The van der Waals surface area contributed by atoms with Crippen molar-refractivity contribution in [2.45, 2.75) is 13.8 Å². The molecule has 3 aromatic carbocycles. The molecule has 4 rings (SSSR count). The molecular weight excluding hydrogens is 358 g/mol. The van der Waals surface area contributed by atoms with E-state index in [4.69, 9.17) is 0 Å². The Labute approximate surface area is 159 Å². The van der Waals surface area contributed by atoms with E-state index in [0.29, 0.717) is 0 Å². The molecule has 0 amide bonds. The van der Waals surface area contributed by atoms with Crippen molar-refractivity contribution in [1.29, 1.82) is 0 Å². The number of aromatic nitrogens is 1. The fraction of sp³-hybridized carbons (Fsp3) is 0.100. The molecule has 0 fully saturated rings. The van der Waals surface area contributed by atoms with Gasteiger partial charge in [0.25, 0.3) is 0 Å². The van der Waals surface area contributed by atoms with Gasteiger partial charge in [-0.2, -0.15) is 0 Å². The van der Waals surface area contributed by atoms with Gasteiger partial charge in [0.15, 0.2) is 0 Å². The van der Waals surface area contributed by atoms with Crippen LogP contribution in [0.3, 0.4) is 0 Å². The molecule has 23 heavy (non-hydrogen) atoms. The van der Waals surface area contributed by atoms with Gasteiger partial charge < -0.3 is 17.0 Å². The van der Waals surface area contributed by atoms with Crippen LogP contribution in [0.25, 0.3) is 27.5 Å². The van der Waals surface area contributed by atoms with Gasteiger partial charge in [0.05, 0.1) is 0 Å². The van der Waals surface area contributed by atoms with Gasteiger partial charge in [-0.1, -0.05) is 0 Å². The van der Waals surface area contributed by atoms with Crippen molar-refractivity contribution in [3.8, 4) is 5.69 Å². The maximum absolute atomic E-state index is 2.38. The number of halogens is 1. The Kier molecular flexibility index (Phi) is 4.54. The molecule has 4 aromatic rings. The van der Waals surface area contributed by atoms with Crippen LogP contribution in [0.15, 0.2) is 60.7 Å². The van der Waals surface area contributed by atoms with Crippen LogP contribution < -0.4 is 20.7 Å². The smallest absolute Gasteiger partial charge is 1.00 e. The summed E-state index contributed by atoms with van der Waals surface area (Å²) in [5, 5.41) is 2.63. The third-order valence-corrected chi connectivity index (χ3v) is 5.63. The normalized spacial score (nSPS) is 11.0. The van der Waals surface area contributed by atoms with Gasteiger partial charge in [-0.05, 0) is 0 Å². The van der Waals surface area contributed by atoms with E-state index in [-0.39, 0.29) is 17.0 Å². The first-order valence-corrected chi connectivity index (χ1v) is 8.29. The molecular formula is C20H16BrMgN. The summed E-state index contributed by atoms with van der Waals surface area (Å²) in [7, 11) is 0. The van der Waals surface area contributed by atoms with Crippen LogP contribution in [0.2, 0.25) is 0 Å². The first-order chi connectivity index (χ1) is 10.7. The molecule has 0 aliphatic carbocycles. The van der Waals surface area contributed by atoms with Crippen LogP contribution in [0, 0.1) is 13.8 Å². The molecule has 0 saturated heterocycles. The monoisotopic (exact) mass is 373 g/mol. The number of hydrogen-bond donors (Lipinski definition) is 0. The number of nitrogens with zero attached hydrogens (tertiary/aromatic N) is 1. The first kappa shape index (κ1) is 16.6. The second-order valence-electron chi connectivity index (χ2n) is 5.93. The number of hydrogen-bond acceptors (Lipinski definition) is 0. The van der Waals surface area contributed by atoms with Crippen molar-refractivity contribution in [3.05, 3.63) is 71.8 Å². The summed E-state index contributed by atoms with van der Waals surface area (Å²) >= 11 is 1.98.